The second kappa shape index (κ2) is 8.37. The van der Waals surface area contributed by atoms with Gasteiger partial charge in [0.25, 0.3) is 0 Å². The molecule has 1 aliphatic heterocycles. The van der Waals surface area contributed by atoms with Gasteiger partial charge in [0.05, 0.1) is 12.2 Å². The molecule has 1 aromatic heterocycles. The highest BCUT2D eigenvalue weighted by atomic mass is 16.4. The standard InChI is InChI=1S/C22H27NO3/c1-16-7-3-4-9-19(16)20(21-17(2)11-14-26-21)10-6-13-23-12-5-8-18(15-23)22(24)25/h3-4,7,9-11,14,18H,5-6,8,12-13,15H2,1-2H3,(H,24,25). The van der Waals surface area contributed by atoms with Crippen molar-refractivity contribution in [2.75, 3.05) is 19.6 Å². The van der Waals surface area contributed by atoms with Crippen LogP contribution in [0.4, 0.5) is 0 Å². The summed E-state index contributed by atoms with van der Waals surface area (Å²) in [6.07, 6.45) is 6.60. The fourth-order valence-corrected chi connectivity index (χ4v) is 3.70. The van der Waals surface area contributed by atoms with E-state index in [0.717, 1.165) is 49.2 Å². The van der Waals surface area contributed by atoms with Crippen LogP contribution in [0.2, 0.25) is 0 Å². The van der Waals surface area contributed by atoms with Gasteiger partial charge in [0.15, 0.2) is 0 Å². The van der Waals surface area contributed by atoms with Crippen LogP contribution < -0.4 is 0 Å². The molecule has 1 fully saturated rings. The number of furan rings is 1. The molecular weight excluding hydrogens is 326 g/mol. The highest BCUT2D eigenvalue weighted by Gasteiger charge is 2.24. The number of likely N-dealkylation sites (tertiary alicyclic amines) is 1. The van der Waals surface area contributed by atoms with Crippen LogP contribution in [0.25, 0.3) is 5.57 Å². The molecule has 4 heteroatoms. The molecule has 0 bridgehead atoms. The number of nitrogens with zero attached hydrogens (tertiary/aromatic N) is 1. The summed E-state index contributed by atoms with van der Waals surface area (Å²) in [6, 6.07) is 10.3. The Kier molecular flexibility index (Phi) is 5.94. The average molecular weight is 353 g/mol. The van der Waals surface area contributed by atoms with E-state index in [4.69, 9.17) is 4.42 Å². The number of benzene rings is 1. The summed E-state index contributed by atoms with van der Waals surface area (Å²) in [6.45, 7) is 6.69. The van der Waals surface area contributed by atoms with Gasteiger partial charge in [-0.2, -0.15) is 0 Å². The SMILES string of the molecule is Cc1ccccc1C(=CCCN1CCCC(C(=O)O)C1)c1occc1C. The first-order valence-corrected chi connectivity index (χ1v) is 9.32. The zero-order valence-electron chi connectivity index (χ0n) is 15.6. The van der Waals surface area contributed by atoms with E-state index >= 15 is 0 Å². The monoisotopic (exact) mass is 353 g/mol. The highest BCUT2D eigenvalue weighted by molar-refractivity contribution is 5.80. The molecule has 1 aliphatic rings. The average Bonchev–Trinajstić information content (AvgIpc) is 3.06. The van der Waals surface area contributed by atoms with Crippen molar-refractivity contribution in [3.63, 3.8) is 0 Å². The summed E-state index contributed by atoms with van der Waals surface area (Å²) >= 11 is 0. The lowest BCUT2D eigenvalue weighted by molar-refractivity contribution is -0.143. The molecule has 0 spiro atoms. The number of aryl methyl sites for hydroxylation is 2. The third-order valence-corrected chi connectivity index (χ3v) is 5.19. The number of piperidine rings is 1. The quantitative estimate of drug-likeness (QED) is 0.830. The molecule has 0 aliphatic carbocycles. The van der Waals surface area contributed by atoms with Gasteiger partial charge in [-0.3, -0.25) is 4.79 Å². The number of aliphatic carboxylic acids is 1. The maximum Gasteiger partial charge on any atom is 0.307 e. The molecule has 1 N–H and O–H groups in total. The van der Waals surface area contributed by atoms with E-state index in [0.29, 0.717) is 6.54 Å². The first-order valence-electron chi connectivity index (χ1n) is 9.32. The van der Waals surface area contributed by atoms with Crippen molar-refractivity contribution in [2.45, 2.75) is 33.1 Å². The molecule has 138 valence electrons. The number of carboxylic acid groups (broad SMARTS) is 1. The van der Waals surface area contributed by atoms with Crippen molar-refractivity contribution in [1.82, 2.24) is 4.90 Å². The normalized spacial score (nSPS) is 18.8. The Morgan fingerprint density at radius 3 is 2.77 bits per heavy atom. The predicted octanol–water partition coefficient (Wildman–Crippen LogP) is 4.51. The van der Waals surface area contributed by atoms with Crippen LogP contribution in [0.15, 0.2) is 47.1 Å². The molecule has 0 saturated carbocycles. The van der Waals surface area contributed by atoms with Crippen molar-refractivity contribution in [3.05, 3.63) is 65.1 Å². The predicted molar refractivity (Wildman–Crippen MR) is 103 cm³/mol. The molecule has 1 saturated heterocycles. The Morgan fingerprint density at radius 2 is 2.08 bits per heavy atom. The molecule has 26 heavy (non-hydrogen) atoms. The topological polar surface area (TPSA) is 53.7 Å². The van der Waals surface area contributed by atoms with Gasteiger partial charge >= 0.3 is 5.97 Å². The first kappa shape index (κ1) is 18.5. The van der Waals surface area contributed by atoms with Crippen LogP contribution in [0, 0.1) is 19.8 Å². The second-order valence-electron chi connectivity index (χ2n) is 7.13. The summed E-state index contributed by atoms with van der Waals surface area (Å²) in [5, 5.41) is 9.25. The maximum absolute atomic E-state index is 11.2. The van der Waals surface area contributed by atoms with Gasteiger partial charge in [-0.25, -0.2) is 0 Å². The zero-order chi connectivity index (χ0) is 18.5. The number of rotatable bonds is 6. The Morgan fingerprint density at radius 1 is 1.27 bits per heavy atom. The van der Waals surface area contributed by atoms with E-state index in [2.05, 4.69) is 43.0 Å². The van der Waals surface area contributed by atoms with Gasteiger partial charge < -0.3 is 14.4 Å². The maximum atomic E-state index is 11.2. The smallest absolute Gasteiger partial charge is 0.307 e. The van der Waals surface area contributed by atoms with Crippen molar-refractivity contribution in [1.29, 1.82) is 0 Å². The zero-order valence-corrected chi connectivity index (χ0v) is 15.6. The van der Waals surface area contributed by atoms with Gasteiger partial charge in [0.2, 0.25) is 0 Å². The van der Waals surface area contributed by atoms with Crippen LogP contribution >= 0.6 is 0 Å². The Labute approximate surface area is 155 Å². The molecule has 4 nitrogen and oxygen atoms in total. The fourth-order valence-electron chi connectivity index (χ4n) is 3.70. The fraction of sp³-hybridized carbons (Fsp3) is 0.409. The molecule has 1 aromatic carbocycles. The minimum atomic E-state index is -0.669. The number of carbonyl (C=O) groups is 1. The third-order valence-electron chi connectivity index (χ3n) is 5.19. The lowest BCUT2D eigenvalue weighted by atomic mass is 9.95. The van der Waals surface area contributed by atoms with Gasteiger partial charge in [-0.05, 0) is 62.4 Å². The Hall–Kier alpha value is -2.33. The van der Waals surface area contributed by atoms with Crippen LogP contribution in [0.1, 0.15) is 41.7 Å². The van der Waals surface area contributed by atoms with Crippen molar-refractivity contribution >= 4 is 11.5 Å². The van der Waals surface area contributed by atoms with Crippen molar-refractivity contribution in [2.24, 2.45) is 5.92 Å². The molecule has 1 unspecified atom stereocenters. The van der Waals surface area contributed by atoms with Crippen LogP contribution in [-0.2, 0) is 4.79 Å². The molecular formula is C22H27NO3. The number of carboxylic acids is 1. The van der Waals surface area contributed by atoms with E-state index in [1.54, 1.807) is 6.26 Å². The molecule has 3 rings (SSSR count). The minimum Gasteiger partial charge on any atom is -0.481 e. The third kappa shape index (κ3) is 4.25. The van der Waals surface area contributed by atoms with E-state index in [-0.39, 0.29) is 5.92 Å². The largest absolute Gasteiger partial charge is 0.481 e. The summed E-state index contributed by atoms with van der Waals surface area (Å²) in [4.78, 5) is 13.5. The van der Waals surface area contributed by atoms with Crippen molar-refractivity contribution in [3.8, 4) is 0 Å². The van der Waals surface area contributed by atoms with E-state index < -0.39 is 5.97 Å². The Bertz CT molecular complexity index is 790. The molecule has 0 amide bonds. The van der Waals surface area contributed by atoms with Crippen LogP contribution in [0.5, 0.6) is 0 Å². The summed E-state index contributed by atoms with van der Waals surface area (Å²) in [7, 11) is 0. The van der Waals surface area contributed by atoms with Crippen LogP contribution in [-0.4, -0.2) is 35.6 Å². The minimum absolute atomic E-state index is 0.226. The molecule has 1 atom stereocenters. The second-order valence-corrected chi connectivity index (χ2v) is 7.13. The number of hydrogen-bond donors (Lipinski definition) is 1. The summed E-state index contributed by atoms with van der Waals surface area (Å²) in [5.41, 5.74) is 4.66. The van der Waals surface area contributed by atoms with E-state index in [9.17, 15) is 9.90 Å². The number of hydrogen-bond acceptors (Lipinski definition) is 3. The van der Waals surface area contributed by atoms with E-state index in [1.165, 1.54) is 11.1 Å². The molecule has 2 aromatic rings. The van der Waals surface area contributed by atoms with Crippen LogP contribution in [0.3, 0.4) is 0 Å². The highest BCUT2D eigenvalue weighted by Crippen LogP contribution is 2.29. The van der Waals surface area contributed by atoms with Gasteiger partial charge in [-0.1, -0.05) is 30.3 Å². The van der Waals surface area contributed by atoms with E-state index in [1.807, 2.05) is 12.1 Å². The first-order chi connectivity index (χ1) is 12.6. The Balaban J connectivity index is 1.77. The van der Waals surface area contributed by atoms with Gasteiger partial charge in [0, 0.05) is 18.7 Å². The van der Waals surface area contributed by atoms with Gasteiger partial charge in [0.1, 0.15) is 5.76 Å². The van der Waals surface area contributed by atoms with Gasteiger partial charge in [-0.15, -0.1) is 0 Å². The van der Waals surface area contributed by atoms with Crippen molar-refractivity contribution < 1.29 is 14.3 Å². The summed E-state index contributed by atoms with van der Waals surface area (Å²) < 4.78 is 5.77. The molecule has 0 radical (unpaired) electrons. The lowest BCUT2D eigenvalue weighted by Crippen LogP contribution is -2.39. The summed E-state index contributed by atoms with van der Waals surface area (Å²) in [5.74, 6) is 0.0225. The lowest BCUT2D eigenvalue weighted by Gasteiger charge is -2.30. The molecule has 2 heterocycles.